The van der Waals surface area contributed by atoms with Crippen LogP contribution in [-0.4, -0.2) is 42.5 Å². The zero-order valence-corrected chi connectivity index (χ0v) is 12.2. The molecule has 110 valence electrons. The fraction of sp³-hybridized carbons (Fsp3) is 0.933. The van der Waals surface area contributed by atoms with Gasteiger partial charge in [-0.2, -0.15) is 0 Å². The highest BCUT2D eigenvalue weighted by molar-refractivity contribution is 5.78. The van der Waals surface area contributed by atoms with Crippen LogP contribution in [0.2, 0.25) is 0 Å². The number of likely N-dealkylation sites (tertiary alicyclic amines) is 1. The summed E-state index contributed by atoms with van der Waals surface area (Å²) in [5.41, 5.74) is 5.88. The van der Waals surface area contributed by atoms with Gasteiger partial charge in [0.1, 0.15) is 0 Å². The van der Waals surface area contributed by atoms with Crippen LogP contribution in [0.15, 0.2) is 0 Å². The number of rotatable bonds is 3. The number of hydrogen-bond donors (Lipinski definition) is 2. The summed E-state index contributed by atoms with van der Waals surface area (Å²) in [4.78, 5) is 14.3. The SMILES string of the molecule is CC1CCCC(NC(=O)CN2CCC(N)CC2)CC1. The van der Waals surface area contributed by atoms with E-state index in [1.807, 2.05) is 0 Å². The Morgan fingerprint density at radius 1 is 1.16 bits per heavy atom. The Morgan fingerprint density at radius 2 is 1.89 bits per heavy atom. The predicted molar refractivity (Wildman–Crippen MR) is 77.8 cm³/mol. The zero-order chi connectivity index (χ0) is 13.7. The van der Waals surface area contributed by atoms with Crippen molar-refractivity contribution in [3.63, 3.8) is 0 Å². The quantitative estimate of drug-likeness (QED) is 0.762. The molecule has 2 unspecified atom stereocenters. The van der Waals surface area contributed by atoms with Crippen LogP contribution in [0.5, 0.6) is 0 Å². The summed E-state index contributed by atoms with van der Waals surface area (Å²) in [6.07, 6.45) is 8.17. The van der Waals surface area contributed by atoms with Crippen LogP contribution >= 0.6 is 0 Å². The summed E-state index contributed by atoms with van der Waals surface area (Å²) >= 11 is 0. The molecule has 4 heteroatoms. The predicted octanol–water partition coefficient (Wildman–Crippen LogP) is 1.49. The highest BCUT2D eigenvalue weighted by Gasteiger charge is 2.21. The van der Waals surface area contributed by atoms with E-state index in [2.05, 4.69) is 17.1 Å². The van der Waals surface area contributed by atoms with Gasteiger partial charge in [0, 0.05) is 25.2 Å². The van der Waals surface area contributed by atoms with E-state index in [4.69, 9.17) is 5.73 Å². The first-order valence-corrected chi connectivity index (χ1v) is 7.91. The molecule has 0 aromatic carbocycles. The summed E-state index contributed by atoms with van der Waals surface area (Å²) in [5.74, 6) is 1.03. The van der Waals surface area contributed by atoms with Crippen LogP contribution in [0.1, 0.15) is 51.9 Å². The molecule has 3 N–H and O–H groups in total. The first kappa shape index (κ1) is 14.8. The molecule has 1 saturated heterocycles. The second kappa shape index (κ2) is 7.25. The molecule has 1 amide bonds. The molecule has 0 radical (unpaired) electrons. The summed E-state index contributed by atoms with van der Waals surface area (Å²) in [6.45, 7) is 4.81. The zero-order valence-electron chi connectivity index (χ0n) is 12.2. The van der Waals surface area contributed by atoms with E-state index < -0.39 is 0 Å². The Labute approximate surface area is 117 Å². The van der Waals surface area contributed by atoms with Crippen molar-refractivity contribution >= 4 is 5.91 Å². The fourth-order valence-electron chi connectivity index (χ4n) is 3.22. The van der Waals surface area contributed by atoms with E-state index in [1.165, 1.54) is 19.3 Å². The van der Waals surface area contributed by atoms with Crippen LogP contribution in [-0.2, 0) is 4.79 Å². The monoisotopic (exact) mass is 267 g/mol. The molecule has 4 nitrogen and oxygen atoms in total. The second-order valence-electron chi connectivity index (χ2n) is 6.49. The number of carbonyl (C=O) groups excluding carboxylic acids is 1. The van der Waals surface area contributed by atoms with Gasteiger partial charge in [-0.25, -0.2) is 0 Å². The molecule has 2 fully saturated rings. The molecule has 0 aromatic rings. The summed E-state index contributed by atoms with van der Waals surface area (Å²) in [5, 5.41) is 3.23. The van der Waals surface area contributed by atoms with E-state index >= 15 is 0 Å². The van der Waals surface area contributed by atoms with Gasteiger partial charge in [0.2, 0.25) is 5.91 Å². The van der Waals surface area contributed by atoms with Crippen molar-refractivity contribution in [3.8, 4) is 0 Å². The number of nitrogens with one attached hydrogen (secondary N) is 1. The summed E-state index contributed by atoms with van der Waals surface area (Å²) < 4.78 is 0. The Kier molecular flexibility index (Phi) is 5.64. The minimum Gasteiger partial charge on any atom is -0.352 e. The average Bonchev–Trinajstić information content (AvgIpc) is 2.57. The van der Waals surface area contributed by atoms with Crippen molar-refractivity contribution in [1.29, 1.82) is 0 Å². The average molecular weight is 267 g/mol. The fourth-order valence-corrected chi connectivity index (χ4v) is 3.22. The van der Waals surface area contributed by atoms with Gasteiger partial charge in [0.15, 0.2) is 0 Å². The molecule has 1 aliphatic carbocycles. The highest BCUT2D eigenvalue weighted by atomic mass is 16.2. The molecule has 1 aliphatic heterocycles. The van der Waals surface area contributed by atoms with Crippen LogP contribution in [0.4, 0.5) is 0 Å². The van der Waals surface area contributed by atoms with Gasteiger partial charge >= 0.3 is 0 Å². The van der Waals surface area contributed by atoms with Gasteiger partial charge in [-0.1, -0.05) is 19.8 Å². The number of hydrogen-bond acceptors (Lipinski definition) is 3. The Morgan fingerprint density at radius 3 is 2.63 bits per heavy atom. The molecular formula is C15H29N3O. The van der Waals surface area contributed by atoms with Crippen LogP contribution in [0.25, 0.3) is 0 Å². The number of nitrogens with two attached hydrogens (primary N) is 1. The number of piperidine rings is 1. The molecule has 1 heterocycles. The number of amides is 1. The van der Waals surface area contributed by atoms with Crippen molar-refractivity contribution in [2.24, 2.45) is 11.7 Å². The molecule has 19 heavy (non-hydrogen) atoms. The van der Waals surface area contributed by atoms with Gasteiger partial charge < -0.3 is 11.1 Å². The molecule has 2 atom stereocenters. The van der Waals surface area contributed by atoms with Crippen molar-refractivity contribution in [2.45, 2.75) is 64.0 Å². The maximum atomic E-state index is 12.1. The third kappa shape index (κ3) is 5.11. The van der Waals surface area contributed by atoms with Crippen LogP contribution in [0.3, 0.4) is 0 Å². The maximum absolute atomic E-state index is 12.1. The topological polar surface area (TPSA) is 58.4 Å². The van der Waals surface area contributed by atoms with Crippen molar-refractivity contribution in [2.75, 3.05) is 19.6 Å². The van der Waals surface area contributed by atoms with Gasteiger partial charge in [0.05, 0.1) is 6.54 Å². The third-order valence-electron chi connectivity index (χ3n) is 4.62. The first-order chi connectivity index (χ1) is 9.13. The lowest BCUT2D eigenvalue weighted by atomic mass is 10.0. The molecule has 2 rings (SSSR count). The minimum absolute atomic E-state index is 0.204. The third-order valence-corrected chi connectivity index (χ3v) is 4.62. The number of nitrogens with zero attached hydrogens (tertiary/aromatic N) is 1. The van der Waals surface area contributed by atoms with Gasteiger partial charge in [-0.05, 0) is 38.0 Å². The summed E-state index contributed by atoms with van der Waals surface area (Å²) in [7, 11) is 0. The Balaban J connectivity index is 1.68. The lowest BCUT2D eigenvalue weighted by Gasteiger charge is -2.30. The van der Waals surface area contributed by atoms with Crippen molar-refractivity contribution in [1.82, 2.24) is 10.2 Å². The van der Waals surface area contributed by atoms with Crippen LogP contribution in [0, 0.1) is 5.92 Å². The Hall–Kier alpha value is -0.610. The maximum Gasteiger partial charge on any atom is 0.234 e. The molecular weight excluding hydrogens is 238 g/mol. The second-order valence-corrected chi connectivity index (χ2v) is 6.49. The standard InChI is InChI=1S/C15H29N3O/c1-12-3-2-4-14(6-5-12)17-15(19)11-18-9-7-13(16)8-10-18/h12-14H,2-11,16H2,1H3,(H,17,19). The highest BCUT2D eigenvalue weighted by Crippen LogP contribution is 2.22. The normalized spacial score (nSPS) is 30.8. The van der Waals surface area contributed by atoms with E-state index in [1.54, 1.807) is 0 Å². The lowest BCUT2D eigenvalue weighted by Crippen LogP contribution is -2.46. The Bertz CT molecular complexity index is 287. The molecule has 1 saturated carbocycles. The smallest absolute Gasteiger partial charge is 0.234 e. The largest absolute Gasteiger partial charge is 0.352 e. The van der Waals surface area contributed by atoms with E-state index in [0.29, 0.717) is 18.6 Å². The molecule has 0 aromatic heterocycles. The van der Waals surface area contributed by atoms with Gasteiger partial charge in [0.25, 0.3) is 0 Å². The minimum atomic E-state index is 0.204. The van der Waals surface area contributed by atoms with E-state index in [0.717, 1.165) is 44.7 Å². The van der Waals surface area contributed by atoms with E-state index in [-0.39, 0.29) is 5.91 Å². The summed E-state index contributed by atoms with van der Waals surface area (Å²) in [6, 6.07) is 0.743. The molecule has 0 spiro atoms. The number of carbonyl (C=O) groups is 1. The molecule has 2 aliphatic rings. The van der Waals surface area contributed by atoms with Crippen molar-refractivity contribution < 1.29 is 4.79 Å². The van der Waals surface area contributed by atoms with Crippen molar-refractivity contribution in [3.05, 3.63) is 0 Å². The van der Waals surface area contributed by atoms with Gasteiger partial charge in [-0.3, -0.25) is 9.69 Å². The van der Waals surface area contributed by atoms with E-state index in [9.17, 15) is 4.79 Å². The van der Waals surface area contributed by atoms with Crippen LogP contribution < -0.4 is 11.1 Å². The first-order valence-electron chi connectivity index (χ1n) is 7.91. The molecule has 0 bridgehead atoms. The van der Waals surface area contributed by atoms with Gasteiger partial charge in [-0.15, -0.1) is 0 Å². The lowest BCUT2D eigenvalue weighted by molar-refractivity contribution is -0.123.